The zero-order chi connectivity index (χ0) is 19.4. The number of methoxy groups -OCH3 is 1. The van der Waals surface area contributed by atoms with Crippen LogP contribution in [0.4, 0.5) is 11.4 Å². The van der Waals surface area contributed by atoms with Crippen LogP contribution in [-0.4, -0.2) is 29.3 Å². The lowest BCUT2D eigenvalue weighted by Crippen LogP contribution is -2.28. The van der Waals surface area contributed by atoms with Crippen LogP contribution >= 0.6 is 11.8 Å². The molecule has 2 N–H and O–H groups in total. The van der Waals surface area contributed by atoms with Gasteiger partial charge in [-0.1, -0.05) is 41.6 Å². The fraction of sp³-hybridized carbons (Fsp3) is 0.250. The monoisotopic (exact) mass is 383 g/mol. The van der Waals surface area contributed by atoms with Gasteiger partial charge in [-0.05, 0) is 37.6 Å². The molecule has 2 aromatic rings. The lowest BCUT2D eigenvalue weighted by Gasteiger charge is -2.10. The number of amides is 2. The summed E-state index contributed by atoms with van der Waals surface area (Å²) in [6.07, 6.45) is 0.0781. The van der Waals surface area contributed by atoms with E-state index in [4.69, 9.17) is 4.74 Å². The van der Waals surface area contributed by atoms with Crippen molar-refractivity contribution in [3.05, 3.63) is 53.6 Å². The number of thioether (sulfide) groups is 1. The molecule has 0 aliphatic carbocycles. The van der Waals surface area contributed by atoms with Crippen molar-refractivity contribution in [1.29, 1.82) is 0 Å². The van der Waals surface area contributed by atoms with Gasteiger partial charge in [0, 0.05) is 12.1 Å². The highest BCUT2D eigenvalue weighted by Crippen LogP contribution is 2.30. The number of nitrogens with zero attached hydrogens (tertiary/aromatic N) is 1. The molecule has 1 fully saturated rings. The third-order valence-electron chi connectivity index (χ3n) is 4.11. The summed E-state index contributed by atoms with van der Waals surface area (Å²) in [5.41, 5.74) is 3.51. The van der Waals surface area contributed by atoms with Gasteiger partial charge in [-0.2, -0.15) is 0 Å². The van der Waals surface area contributed by atoms with Crippen molar-refractivity contribution in [1.82, 2.24) is 5.32 Å². The minimum absolute atomic E-state index is 0.0781. The first-order valence-electron chi connectivity index (χ1n) is 8.52. The Kier molecular flexibility index (Phi) is 5.81. The summed E-state index contributed by atoms with van der Waals surface area (Å²) in [6.45, 7) is 3.94. The average molecular weight is 383 g/mol. The first-order chi connectivity index (χ1) is 13.0. The molecule has 1 aliphatic rings. The van der Waals surface area contributed by atoms with Gasteiger partial charge in [-0.15, -0.1) is 0 Å². The van der Waals surface area contributed by atoms with Crippen LogP contribution < -0.4 is 15.4 Å². The largest absolute Gasteiger partial charge is 0.494 e. The predicted octanol–water partition coefficient (Wildman–Crippen LogP) is 3.56. The standard InChI is InChI=1S/C20H21N3O3S/c1-12-8-9-14(13(2)10-12)21-18(24)11-17-19(25)23-20(27-17)22-15-6-4-5-7-16(15)26-3/h4-10,17H,11H2,1-3H3,(H,21,24)(H,22,23,25)/t17-/m1/s1. The molecule has 0 unspecified atom stereocenters. The van der Waals surface area contributed by atoms with Crippen LogP contribution in [0.15, 0.2) is 47.5 Å². The highest BCUT2D eigenvalue weighted by Gasteiger charge is 2.32. The summed E-state index contributed by atoms with van der Waals surface area (Å²) in [6, 6.07) is 13.1. The highest BCUT2D eigenvalue weighted by molar-refractivity contribution is 8.15. The van der Waals surface area contributed by atoms with Crippen molar-refractivity contribution >= 4 is 40.1 Å². The molecule has 1 heterocycles. The summed E-state index contributed by atoms with van der Waals surface area (Å²) >= 11 is 1.25. The zero-order valence-electron chi connectivity index (χ0n) is 15.4. The minimum atomic E-state index is -0.510. The van der Waals surface area contributed by atoms with Crippen LogP contribution in [-0.2, 0) is 9.59 Å². The average Bonchev–Trinajstić information content (AvgIpc) is 2.97. The van der Waals surface area contributed by atoms with Gasteiger partial charge in [0.25, 0.3) is 0 Å². The molecular weight excluding hydrogens is 362 g/mol. The summed E-state index contributed by atoms with van der Waals surface area (Å²) in [5.74, 6) is 0.202. The number of benzene rings is 2. The van der Waals surface area contributed by atoms with Gasteiger partial charge in [-0.25, -0.2) is 4.99 Å². The molecular formula is C20H21N3O3S. The fourth-order valence-electron chi connectivity index (χ4n) is 2.75. The third kappa shape index (κ3) is 4.68. The van der Waals surface area contributed by atoms with E-state index < -0.39 is 5.25 Å². The second-order valence-corrected chi connectivity index (χ2v) is 7.45. The van der Waals surface area contributed by atoms with Crippen molar-refractivity contribution in [3.8, 4) is 5.75 Å². The smallest absolute Gasteiger partial charge is 0.240 e. The number of hydrogen-bond donors (Lipinski definition) is 2. The fourth-order valence-corrected chi connectivity index (χ4v) is 3.73. The number of aliphatic imine (C=N–C) groups is 1. The number of rotatable bonds is 5. The van der Waals surface area contributed by atoms with E-state index in [2.05, 4.69) is 15.6 Å². The molecule has 140 valence electrons. The summed E-state index contributed by atoms with van der Waals surface area (Å²) < 4.78 is 5.27. The maximum absolute atomic E-state index is 12.4. The predicted molar refractivity (Wildman–Crippen MR) is 109 cm³/mol. The van der Waals surface area contributed by atoms with E-state index in [9.17, 15) is 9.59 Å². The van der Waals surface area contributed by atoms with Gasteiger partial charge in [0.15, 0.2) is 5.17 Å². The number of nitrogens with one attached hydrogen (secondary N) is 2. The zero-order valence-corrected chi connectivity index (χ0v) is 16.2. The first-order valence-corrected chi connectivity index (χ1v) is 9.40. The van der Waals surface area contributed by atoms with E-state index in [1.807, 2.05) is 44.2 Å². The molecule has 1 atom stereocenters. The van der Waals surface area contributed by atoms with Crippen LogP contribution in [0.5, 0.6) is 5.75 Å². The highest BCUT2D eigenvalue weighted by atomic mass is 32.2. The van der Waals surface area contributed by atoms with E-state index >= 15 is 0 Å². The van der Waals surface area contributed by atoms with Gasteiger partial charge in [-0.3, -0.25) is 9.59 Å². The number of hydrogen-bond acceptors (Lipinski definition) is 5. The molecule has 1 saturated heterocycles. The van der Waals surface area contributed by atoms with Crippen LogP contribution in [0.3, 0.4) is 0 Å². The molecule has 6 nitrogen and oxygen atoms in total. The number of para-hydroxylation sites is 2. The Morgan fingerprint density at radius 1 is 1.26 bits per heavy atom. The van der Waals surface area contributed by atoms with Gasteiger partial charge < -0.3 is 15.4 Å². The molecule has 0 saturated carbocycles. The topological polar surface area (TPSA) is 79.8 Å². The molecule has 7 heteroatoms. The lowest BCUT2D eigenvalue weighted by atomic mass is 10.1. The molecule has 2 aromatic carbocycles. The first kappa shape index (κ1) is 19.0. The molecule has 27 heavy (non-hydrogen) atoms. The van der Waals surface area contributed by atoms with Crippen molar-refractivity contribution in [2.24, 2.45) is 4.99 Å². The number of carbonyl (C=O) groups excluding carboxylic acids is 2. The lowest BCUT2D eigenvalue weighted by molar-refractivity contribution is -0.122. The summed E-state index contributed by atoms with van der Waals surface area (Å²) in [7, 11) is 1.57. The Bertz CT molecular complexity index is 911. The Morgan fingerprint density at radius 3 is 2.78 bits per heavy atom. The Balaban J connectivity index is 1.65. The van der Waals surface area contributed by atoms with Crippen molar-refractivity contribution < 1.29 is 14.3 Å². The SMILES string of the molecule is COc1ccccc1N=C1NC(=O)[C@@H](CC(=O)Nc2ccc(C)cc2C)S1. The number of carbonyl (C=O) groups is 2. The van der Waals surface area contributed by atoms with Crippen LogP contribution in [0.25, 0.3) is 0 Å². The normalized spacial score (nSPS) is 17.7. The van der Waals surface area contributed by atoms with E-state index in [0.29, 0.717) is 16.6 Å². The summed E-state index contributed by atoms with van der Waals surface area (Å²) in [4.78, 5) is 29.0. The van der Waals surface area contributed by atoms with Crippen LogP contribution in [0.1, 0.15) is 17.5 Å². The molecule has 1 aliphatic heterocycles. The molecule has 0 radical (unpaired) electrons. The number of anilines is 1. The number of amidine groups is 1. The van der Waals surface area contributed by atoms with Gasteiger partial charge >= 0.3 is 0 Å². The minimum Gasteiger partial charge on any atom is -0.494 e. The molecule has 3 rings (SSSR count). The molecule has 0 aromatic heterocycles. The maximum atomic E-state index is 12.4. The number of aryl methyl sites for hydroxylation is 2. The van der Waals surface area contributed by atoms with Gasteiger partial charge in [0.1, 0.15) is 16.7 Å². The number of ether oxygens (including phenoxy) is 1. The second kappa shape index (κ2) is 8.26. The van der Waals surface area contributed by atoms with Gasteiger partial charge in [0.05, 0.1) is 7.11 Å². The van der Waals surface area contributed by atoms with E-state index in [1.165, 1.54) is 11.8 Å². The van der Waals surface area contributed by atoms with Crippen molar-refractivity contribution in [3.63, 3.8) is 0 Å². The Labute approximate surface area is 162 Å². The summed E-state index contributed by atoms with van der Waals surface area (Å²) in [5, 5.41) is 5.56. The van der Waals surface area contributed by atoms with Crippen LogP contribution in [0.2, 0.25) is 0 Å². The van der Waals surface area contributed by atoms with Crippen LogP contribution in [0, 0.1) is 13.8 Å². The van der Waals surface area contributed by atoms with Crippen molar-refractivity contribution in [2.45, 2.75) is 25.5 Å². The Morgan fingerprint density at radius 2 is 2.04 bits per heavy atom. The second-order valence-electron chi connectivity index (χ2n) is 6.26. The van der Waals surface area contributed by atoms with E-state index in [-0.39, 0.29) is 18.2 Å². The maximum Gasteiger partial charge on any atom is 0.240 e. The van der Waals surface area contributed by atoms with E-state index in [0.717, 1.165) is 16.8 Å². The van der Waals surface area contributed by atoms with Crippen molar-refractivity contribution in [2.75, 3.05) is 12.4 Å². The molecule has 2 amide bonds. The third-order valence-corrected chi connectivity index (χ3v) is 5.19. The molecule has 0 spiro atoms. The molecule has 0 bridgehead atoms. The van der Waals surface area contributed by atoms with E-state index in [1.54, 1.807) is 19.2 Å². The van der Waals surface area contributed by atoms with Gasteiger partial charge in [0.2, 0.25) is 11.8 Å². The Hall–Kier alpha value is -2.80. The quantitative estimate of drug-likeness (QED) is 0.827.